The molecule has 2 heterocycles. The predicted octanol–water partition coefficient (Wildman–Crippen LogP) is 2.71. The number of ether oxygens (including phenoxy) is 1. The van der Waals surface area contributed by atoms with E-state index in [4.69, 9.17) is 4.74 Å². The van der Waals surface area contributed by atoms with Crippen LogP contribution in [0.3, 0.4) is 0 Å². The highest BCUT2D eigenvalue weighted by Crippen LogP contribution is 2.19. The lowest BCUT2D eigenvalue weighted by atomic mass is 10.2. The Hall–Kier alpha value is -4.48. The van der Waals surface area contributed by atoms with Gasteiger partial charge in [0.2, 0.25) is 5.95 Å². The van der Waals surface area contributed by atoms with E-state index in [1.807, 2.05) is 0 Å². The zero-order valence-corrected chi connectivity index (χ0v) is 17.9. The van der Waals surface area contributed by atoms with E-state index in [2.05, 4.69) is 20.5 Å². The van der Waals surface area contributed by atoms with Gasteiger partial charge in [0.05, 0.1) is 31.2 Å². The first-order chi connectivity index (χ1) is 16.3. The van der Waals surface area contributed by atoms with Crippen molar-refractivity contribution in [1.29, 1.82) is 0 Å². The fourth-order valence-corrected chi connectivity index (χ4v) is 3.22. The number of aryl methyl sites for hydroxylation is 1. The zero-order valence-electron chi connectivity index (χ0n) is 17.9. The van der Waals surface area contributed by atoms with Gasteiger partial charge in [0.1, 0.15) is 5.75 Å². The smallest absolute Gasteiger partial charge is 0.359 e. The maximum atomic E-state index is 13.8. The lowest BCUT2D eigenvalue weighted by Gasteiger charge is -2.16. The van der Waals surface area contributed by atoms with Crippen LogP contribution in [0.25, 0.3) is 5.69 Å². The molecule has 0 fully saturated rings. The third-order valence-electron chi connectivity index (χ3n) is 4.82. The van der Waals surface area contributed by atoms with Crippen LogP contribution in [0.5, 0.6) is 5.75 Å². The van der Waals surface area contributed by atoms with Crippen molar-refractivity contribution in [2.75, 3.05) is 12.4 Å². The molecule has 0 bridgehead atoms. The summed E-state index contributed by atoms with van der Waals surface area (Å²) in [6.07, 6.45) is 1.20. The number of nitrogens with zero attached hydrogens (tertiary/aromatic N) is 5. The summed E-state index contributed by atoms with van der Waals surface area (Å²) in [7, 11) is 1.50. The lowest BCUT2D eigenvalue weighted by molar-refractivity contribution is 0.415. The number of methoxy groups -OCH3 is 1. The van der Waals surface area contributed by atoms with Crippen molar-refractivity contribution in [2.24, 2.45) is 0 Å². The minimum absolute atomic E-state index is 0.0627. The molecule has 0 saturated heterocycles. The summed E-state index contributed by atoms with van der Waals surface area (Å²) in [5.74, 6) is -4.08. The van der Waals surface area contributed by atoms with Gasteiger partial charge in [-0.05, 0) is 55.0 Å². The van der Waals surface area contributed by atoms with E-state index in [0.29, 0.717) is 17.1 Å². The summed E-state index contributed by atoms with van der Waals surface area (Å²) in [6.45, 7) is 1.20. The van der Waals surface area contributed by atoms with E-state index >= 15 is 0 Å². The van der Waals surface area contributed by atoms with Crippen molar-refractivity contribution >= 4 is 11.6 Å². The number of hydrogen-bond donors (Lipinski definition) is 1. The zero-order chi connectivity index (χ0) is 24.4. The van der Waals surface area contributed by atoms with E-state index < -0.39 is 35.4 Å². The largest absolute Gasteiger partial charge is 0.497 e. The van der Waals surface area contributed by atoms with E-state index in [1.165, 1.54) is 19.4 Å². The molecule has 12 heteroatoms. The lowest BCUT2D eigenvalue weighted by Crippen LogP contribution is -2.41. The third kappa shape index (κ3) is 4.51. The fraction of sp³-hybridized carbons (Fsp3) is 0.136. The van der Waals surface area contributed by atoms with Crippen LogP contribution in [0.15, 0.2) is 58.3 Å². The second-order valence-corrected chi connectivity index (χ2v) is 7.20. The number of hydrogen-bond acceptors (Lipinski definition) is 7. The monoisotopic (exact) mass is 470 g/mol. The summed E-state index contributed by atoms with van der Waals surface area (Å²) < 4.78 is 47.9. The summed E-state index contributed by atoms with van der Waals surface area (Å²) in [4.78, 5) is 30.1. The van der Waals surface area contributed by atoms with Gasteiger partial charge >= 0.3 is 11.4 Å². The third-order valence-corrected chi connectivity index (χ3v) is 4.82. The quantitative estimate of drug-likeness (QED) is 0.432. The minimum atomic E-state index is -1.63. The van der Waals surface area contributed by atoms with Gasteiger partial charge in [0, 0.05) is 5.69 Å². The van der Waals surface area contributed by atoms with Gasteiger partial charge in [-0.15, -0.1) is 0 Å². The molecule has 9 nitrogen and oxygen atoms in total. The van der Waals surface area contributed by atoms with Crippen LogP contribution in [0.1, 0.15) is 11.3 Å². The molecule has 0 atom stereocenters. The van der Waals surface area contributed by atoms with Gasteiger partial charge in [0.15, 0.2) is 17.5 Å². The first kappa shape index (κ1) is 22.7. The summed E-state index contributed by atoms with van der Waals surface area (Å²) >= 11 is 0. The van der Waals surface area contributed by atoms with Gasteiger partial charge in [0.25, 0.3) is 0 Å². The molecule has 1 N–H and O–H groups in total. The number of aromatic nitrogens is 5. The van der Waals surface area contributed by atoms with Crippen molar-refractivity contribution in [3.05, 3.63) is 98.3 Å². The van der Waals surface area contributed by atoms with Crippen molar-refractivity contribution in [2.45, 2.75) is 13.5 Å². The summed E-state index contributed by atoms with van der Waals surface area (Å²) in [6, 6.07) is 9.49. The Labute approximate surface area is 190 Å². The highest BCUT2D eigenvalue weighted by molar-refractivity contribution is 5.55. The van der Waals surface area contributed by atoms with Crippen LogP contribution >= 0.6 is 0 Å². The van der Waals surface area contributed by atoms with Crippen molar-refractivity contribution < 1.29 is 17.9 Å². The van der Waals surface area contributed by atoms with Gasteiger partial charge < -0.3 is 10.1 Å². The Kier molecular flexibility index (Phi) is 6.13. The molecule has 34 heavy (non-hydrogen) atoms. The Bertz CT molecular complexity index is 1460. The number of anilines is 2. The molecular formula is C22H17F3N6O3. The maximum absolute atomic E-state index is 13.8. The highest BCUT2D eigenvalue weighted by Gasteiger charge is 2.18. The molecule has 2 aromatic heterocycles. The molecule has 0 aliphatic carbocycles. The molecular weight excluding hydrogens is 453 g/mol. The van der Waals surface area contributed by atoms with Gasteiger partial charge in [-0.2, -0.15) is 15.2 Å². The molecule has 0 spiro atoms. The Morgan fingerprint density at radius 1 is 1.03 bits per heavy atom. The first-order valence-electron chi connectivity index (χ1n) is 9.85. The molecule has 4 rings (SSSR count). The summed E-state index contributed by atoms with van der Waals surface area (Å²) in [5, 5.41) is 10.4. The van der Waals surface area contributed by atoms with Crippen LogP contribution in [0.2, 0.25) is 0 Å². The molecule has 174 valence electrons. The predicted molar refractivity (Wildman–Crippen MR) is 116 cm³/mol. The van der Waals surface area contributed by atoms with Gasteiger partial charge in [-0.1, -0.05) is 0 Å². The summed E-state index contributed by atoms with van der Waals surface area (Å²) in [5.41, 5.74) is -0.840. The SMILES string of the molecule is COc1ccc(Nc2nc(=O)n(-c3cnnc(C)c3)c(=O)n2Cc2cc(F)c(F)c(F)c2)cc1. The topological polar surface area (TPSA) is 104 Å². The van der Waals surface area contributed by atoms with Gasteiger partial charge in [-0.25, -0.2) is 27.3 Å². The maximum Gasteiger partial charge on any atom is 0.359 e. The Morgan fingerprint density at radius 3 is 2.32 bits per heavy atom. The standard InChI is InChI=1S/C22H17F3N6O3/c1-12-7-15(10-26-29-12)31-21(32)28-20(27-14-3-5-16(34-2)6-4-14)30(22(31)33)11-13-8-17(23)19(25)18(24)9-13/h3-10H,11H2,1-2H3,(H,27,28,32). The van der Waals surface area contributed by atoms with Crippen LogP contribution in [0, 0.1) is 24.4 Å². The molecule has 0 aliphatic rings. The minimum Gasteiger partial charge on any atom is -0.497 e. The molecule has 0 radical (unpaired) electrons. The Morgan fingerprint density at radius 2 is 1.71 bits per heavy atom. The molecule has 2 aromatic carbocycles. The first-order valence-corrected chi connectivity index (χ1v) is 9.85. The van der Waals surface area contributed by atoms with E-state index in [-0.39, 0.29) is 17.2 Å². The van der Waals surface area contributed by atoms with Crippen LogP contribution < -0.4 is 21.4 Å². The van der Waals surface area contributed by atoms with Crippen molar-refractivity contribution in [3.8, 4) is 11.4 Å². The molecule has 0 unspecified atom stereocenters. The average Bonchev–Trinajstić information content (AvgIpc) is 2.80. The number of benzene rings is 2. The molecule has 0 saturated carbocycles. The normalized spacial score (nSPS) is 10.9. The Balaban J connectivity index is 1.87. The number of rotatable bonds is 6. The van der Waals surface area contributed by atoms with E-state index in [0.717, 1.165) is 21.3 Å². The average molecular weight is 470 g/mol. The number of halogens is 3. The second-order valence-electron chi connectivity index (χ2n) is 7.20. The van der Waals surface area contributed by atoms with Crippen LogP contribution in [-0.2, 0) is 6.54 Å². The van der Waals surface area contributed by atoms with E-state index in [1.54, 1.807) is 31.2 Å². The van der Waals surface area contributed by atoms with Crippen LogP contribution in [0.4, 0.5) is 24.8 Å². The van der Waals surface area contributed by atoms with Crippen LogP contribution in [-0.4, -0.2) is 31.4 Å². The molecule has 4 aromatic rings. The van der Waals surface area contributed by atoms with Crippen molar-refractivity contribution in [1.82, 2.24) is 24.3 Å². The molecule has 0 aliphatic heterocycles. The van der Waals surface area contributed by atoms with Crippen molar-refractivity contribution in [3.63, 3.8) is 0 Å². The fourth-order valence-electron chi connectivity index (χ4n) is 3.22. The van der Waals surface area contributed by atoms with E-state index in [9.17, 15) is 22.8 Å². The number of nitrogens with one attached hydrogen (secondary N) is 1. The highest BCUT2D eigenvalue weighted by atomic mass is 19.2. The molecule has 0 amide bonds. The van der Waals surface area contributed by atoms with Gasteiger partial charge in [-0.3, -0.25) is 4.57 Å². The second kappa shape index (κ2) is 9.17.